The lowest BCUT2D eigenvalue weighted by Crippen LogP contribution is -2.44. The lowest BCUT2D eigenvalue weighted by molar-refractivity contribution is -0.0429. The third kappa shape index (κ3) is 3.84. The summed E-state index contributed by atoms with van der Waals surface area (Å²) in [7, 11) is 0. The van der Waals surface area contributed by atoms with E-state index in [4.69, 9.17) is 0 Å². The quantitative estimate of drug-likeness (QED) is 0.629. The van der Waals surface area contributed by atoms with E-state index in [0.29, 0.717) is 17.8 Å². The zero-order valence-corrected chi connectivity index (χ0v) is 13.5. The van der Waals surface area contributed by atoms with E-state index in [0.717, 1.165) is 19.3 Å². The molecule has 1 fully saturated rings. The van der Waals surface area contributed by atoms with E-state index in [9.17, 15) is 5.11 Å². The molecule has 1 nitrogen and oxygen atoms in total. The Morgan fingerprint density at radius 2 is 2.05 bits per heavy atom. The molecule has 0 aliphatic heterocycles. The van der Waals surface area contributed by atoms with Gasteiger partial charge >= 0.3 is 0 Å². The average molecular weight is 266 g/mol. The molecule has 0 radical (unpaired) electrons. The number of unbranched alkanes of at least 4 members (excludes halogenated alkanes) is 1. The fourth-order valence-electron chi connectivity index (χ4n) is 4.17. The SMILES string of the molecule is C=C[C@H]1CC[C@H](C)C(C)(C(CC)[C@H](O)CCCC)C1. The summed E-state index contributed by atoms with van der Waals surface area (Å²) >= 11 is 0. The maximum absolute atomic E-state index is 10.6. The second-order valence-electron chi connectivity index (χ2n) is 6.91. The van der Waals surface area contributed by atoms with Crippen LogP contribution in [0.15, 0.2) is 12.7 Å². The molecule has 19 heavy (non-hydrogen) atoms. The third-order valence-electron chi connectivity index (χ3n) is 5.74. The largest absolute Gasteiger partial charge is 0.393 e. The minimum absolute atomic E-state index is 0.124. The molecule has 0 spiro atoms. The normalized spacial score (nSPS) is 34.8. The van der Waals surface area contributed by atoms with Crippen molar-refractivity contribution in [3.8, 4) is 0 Å². The second kappa shape index (κ2) is 7.47. The summed E-state index contributed by atoms with van der Waals surface area (Å²) in [6.45, 7) is 13.2. The molecule has 0 heterocycles. The van der Waals surface area contributed by atoms with Crippen LogP contribution < -0.4 is 0 Å². The Hall–Kier alpha value is -0.300. The minimum atomic E-state index is -0.124. The number of hydrogen-bond donors (Lipinski definition) is 1. The molecule has 0 aromatic rings. The molecule has 0 aromatic carbocycles. The summed E-state index contributed by atoms with van der Waals surface area (Å²) < 4.78 is 0. The molecule has 0 amide bonds. The maximum atomic E-state index is 10.6. The molecule has 1 aliphatic carbocycles. The van der Waals surface area contributed by atoms with Crippen LogP contribution in [0.2, 0.25) is 0 Å². The zero-order valence-electron chi connectivity index (χ0n) is 13.5. The van der Waals surface area contributed by atoms with Crippen LogP contribution in [0.1, 0.15) is 72.6 Å². The van der Waals surface area contributed by atoms with Crippen LogP contribution >= 0.6 is 0 Å². The van der Waals surface area contributed by atoms with Crippen molar-refractivity contribution >= 4 is 0 Å². The maximum Gasteiger partial charge on any atom is 0.0573 e. The van der Waals surface area contributed by atoms with E-state index in [-0.39, 0.29) is 11.5 Å². The molecule has 0 aromatic heterocycles. The number of hydrogen-bond acceptors (Lipinski definition) is 1. The van der Waals surface area contributed by atoms with E-state index in [1.54, 1.807) is 0 Å². The van der Waals surface area contributed by atoms with E-state index < -0.39 is 0 Å². The average Bonchev–Trinajstić information content (AvgIpc) is 2.40. The van der Waals surface area contributed by atoms with Crippen molar-refractivity contribution in [1.82, 2.24) is 0 Å². The summed E-state index contributed by atoms with van der Waals surface area (Å²) in [5.74, 6) is 1.80. The monoisotopic (exact) mass is 266 g/mol. The van der Waals surface area contributed by atoms with Crippen molar-refractivity contribution < 1.29 is 5.11 Å². The van der Waals surface area contributed by atoms with Crippen molar-refractivity contribution in [2.75, 3.05) is 0 Å². The predicted octanol–water partition coefficient (Wildman–Crippen LogP) is 5.19. The van der Waals surface area contributed by atoms with Crippen molar-refractivity contribution in [1.29, 1.82) is 0 Å². The van der Waals surface area contributed by atoms with Crippen LogP contribution in [0.5, 0.6) is 0 Å². The van der Waals surface area contributed by atoms with Crippen molar-refractivity contribution in [3.05, 3.63) is 12.7 Å². The molecule has 0 bridgehead atoms. The Labute approximate surface area is 120 Å². The predicted molar refractivity (Wildman–Crippen MR) is 84.1 cm³/mol. The molecular formula is C18H34O. The number of allylic oxidation sites excluding steroid dienone is 1. The molecule has 2 unspecified atom stereocenters. The van der Waals surface area contributed by atoms with Gasteiger partial charge < -0.3 is 5.11 Å². The molecule has 1 N–H and O–H groups in total. The number of rotatable bonds is 7. The first kappa shape index (κ1) is 16.8. The highest BCUT2D eigenvalue weighted by molar-refractivity contribution is 4.98. The smallest absolute Gasteiger partial charge is 0.0573 e. The highest BCUT2D eigenvalue weighted by Crippen LogP contribution is 2.51. The molecular weight excluding hydrogens is 232 g/mol. The van der Waals surface area contributed by atoms with Crippen LogP contribution in [-0.2, 0) is 0 Å². The molecule has 1 rings (SSSR count). The van der Waals surface area contributed by atoms with Crippen molar-refractivity contribution in [3.63, 3.8) is 0 Å². The molecule has 1 heteroatoms. The number of aliphatic hydroxyl groups is 1. The fourth-order valence-corrected chi connectivity index (χ4v) is 4.17. The Morgan fingerprint density at radius 3 is 2.58 bits per heavy atom. The highest BCUT2D eigenvalue weighted by atomic mass is 16.3. The minimum Gasteiger partial charge on any atom is -0.393 e. The molecule has 112 valence electrons. The van der Waals surface area contributed by atoms with Crippen LogP contribution in [0.3, 0.4) is 0 Å². The van der Waals surface area contributed by atoms with Crippen LogP contribution in [0.25, 0.3) is 0 Å². The van der Waals surface area contributed by atoms with E-state index >= 15 is 0 Å². The Balaban J connectivity index is 2.82. The first-order valence-corrected chi connectivity index (χ1v) is 8.30. The van der Waals surface area contributed by atoms with E-state index in [1.807, 2.05) is 0 Å². The highest BCUT2D eigenvalue weighted by Gasteiger charge is 2.44. The summed E-state index contributed by atoms with van der Waals surface area (Å²) in [5, 5.41) is 10.6. The van der Waals surface area contributed by atoms with Gasteiger partial charge in [0.2, 0.25) is 0 Å². The van der Waals surface area contributed by atoms with Gasteiger partial charge in [0.15, 0.2) is 0 Å². The molecule has 0 saturated heterocycles. The fraction of sp³-hybridized carbons (Fsp3) is 0.889. The van der Waals surface area contributed by atoms with Gasteiger partial charge in [-0.2, -0.15) is 0 Å². The zero-order chi connectivity index (χ0) is 14.5. The van der Waals surface area contributed by atoms with Gasteiger partial charge in [-0.3, -0.25) is 0 Å². The van der Waals surface area contributed by atoms with E-state index in [2.05, 4.69) is 40.3 Å². The number of aliphatic hydroxyl groups excluding tert-OH is 1. The van der Waals surface area contributed by atoms with Gasteiger partial charge in [-0.25, -0.2) is 0 Å². The third-order valence-corrected chi connectivity index (χ3v) is 5.74. The first-order chi connectivity index (χ1) is 8.99. The first-order valence-electron chi connectivity index (χ1n) is 8.30. The standard InChI is InChI=1S/C18H34O/c1-6-9-10-17(19)16(8-3)18(5)13-15(7-2)12-11-14(18)4/h7,14-17,19H,2,6,8-13H2,1,3-5H3/t14-,15-,16?,17+,18?/m0/s1. The second-order valence-corrected chi connectivity index (χ2v) is 6.91. The summed E-state index contributed by atoms with van der Waals surface area (Å²) in [5.41, 5.74) is 0.277. The summed E-state index contributed by atoms with van der Waals surface area (Å²) in [6, 6.07) is 0. The summed E-state index contributed by atoms with van der Waals surface area (Å²) in [4.78, 5) is 0. The Kier molecular flexibility index (Phi) is 6.59. The molecule has 5 atom stereocenters. The topological polar surface area (TPSA) is 20.2 Å². The Morgan fingerprint density at radius 1 is 1.37 bits per heavy atom. The molecule has 1 saturated carbocycles. The van der Waals surface area contributed by atoms with E-state index in [1.165, 1.54) is 25.7 Å². The van der Waals surface area contributed by atoms with Gasteiger partial charge in [0.05, 0.1) is 6.10 Å². The van der Waals surface area contributed by atoms with Gasteiger partial charge in [-0.1, -0.05) is 53.0 Å². The lowest BCUT2D eigenvalue weighted by Gasteiger charge is -2.49. The Bertz CT molecular complexity index is 273. The van der Waals surface area contributed by atoms with Crippen molar-refractivity contribution in [2.24, 2.45) is 23.2 Å². The lowest BCUT2D eigenvalue weighted by atomic mass is 9.56. The summed E-state index contributed by atoms with van der Waals surface area (Å²) in [6.07, 6.45) is 10.2. The molecule has 1 aliphatic rings. The van der Waals surface area contributed by atoms with Crippen LogP contribution in [0.4, 0.5) is 0 Å². The van der Waals surface area contributed by atoms with Gasteiger partial charge in [0.1, 0.15) is 0 Å². The van der Waals surface area contributed by atoms with Crippen LogP contribution in [0, 0.1) is 23.2 Å². The van der Waals surface area contributed by atoms with Crippen LogP contribution in [-0.4, -0.2) is 11.2 Å². The van der Waals surface area contributed by atoms with Gasteiger partial charge in [-0.15, -0.1) is 6.58 Å². The van der Waals surface area contributed by atoms with Crippen molar-refractivity contribution in [2.45, 2.75) is 78.7 Å². The van der Waals surface area contributed by atoms with Gasteiger partial charge in [-0.05, 0) is 48.9 Å². The van der Waals surface area contributed by atoms with Gasteiger partial charge in [0.25, 0.3) is 0 Å². The van der Waals surface area contributed by atoms with Gasteiger partial charge in [0, 0.05) is 0 Å².